The maximum atomic E-state index is 13.6. The number of amides is 1. The van der Waals surface area contributed by atoms with Crippen molar-refractivity contribution in [1.82, 2.24) is 9.78 Å². The number of benzene rings is 4. The van der Waals surface area contributed by atoms with Gasteiger partial charge in [0.25, 0.3) is 0 Å². The third-order valence-corrected chi connectivity index (χ3v) is 8.00. The highest BCUT2D eigenvalue weighted by molar-refractivity contribution is 6.11. The highest BCUT2D eigenvalue weighted by atomic mass is 16.2. The summed E-state index contributed by atoms with van der Waals surface area (Å²) in [5.41, 5.74) is 6.00. The molecule has 1 amide bonds. The van der Waals surface area contributed by atoms with Gasteiger partial charge in [0, 0.05) is 16.5 Å². The van der Waals surface area contributed by atoms with Crippen molar-refractivity contribution in [3.63, 3.8) is 0 Å². The van der Waals surface area contributed by atoms with Crippen LogP contribution in [0.5, 0.6) is 0 Å². The average Bonchev–Trinajstić information content (AvgIpc) is 3.27. The van der Waals surface area contributed by atoms with Gasteiger partial charge in [-0.25, -0.2) is 0 Å². The molecular formula is C31H25N3O. The fraction of sp³-hybridized carbons (Fsp3) is 0.161. The molecule has 1 saturated carbocycles. The molecule has 2 unspecified atom stereocenters. The van der Waals surface area contributed by atoms with Gasteiger partial charge in [0.05, 0.1) is 23.7 Å². The van der Waals surface area contributed by atoms with Crippen molar-refractivity contribution in [2.45, 2.75) is 30.2 Å². The second-order valence-electron chi connectivity index (χ2n) is 9.89. The summed E-state index contributed by atoms with van der Waals surface area (Å²) in [7, 11) is 0. The van der Waals surface area contributed by atoms with Crippen LogP contribution in [0, 0.1) is 0 Å². The standard InChI is InChI=1S/C31H25N3O/c35-29-31(26-13-7-8-14-27(26)33-29)21-30(31,18-22-9-3-1-4-10-22)25-16-15-24-19-32-34(28(24)17-25)20-23-11-5-2-6-12-23/h1-17,19H,18,20-21H2,(H,33,35). The molecule has 0 radical (unpaired) electrons. The first-order valence-electron chi connectivity index (χ1n) is 12.1. The zero-order valence-corrected chi connectivity index (χ0v) is 19.3. The quantitative estimate of drug-likeness (QED) is 0.361. The molecule has 170 valence electrons. The smallest absolute Gasteiger partial charge is 0.236 e. The highest BCUT2D eigenvalue weighted by Crippen LogP contribution is 2.70. The maximum absolute atomic E-state index is 13.6. The number of anilines is 1. The summed E-state index contributed by atoms with van der Waals surface area (Å²) >= 11 is 0. The van der Waals surface area contributed by atoms with E-state index in [2.05, 4.69) is 82.8 Å². The van der Waals surface area contributed by atoms with E-state index in [1.165, 1.54) is 16.7 Å². The lowest BCUT2D eigenvalue weighted by Crippen LogP contribution is -2.31. The van der Waals surface area contributed by atoms with Gasteiger partial charge in [-0.05, 0) is 47.2 Å². The van der Waals surface area contributed by atoms with Crippen LogP contribution in [0.1, 0.15) is 28.7 Å². The summed E-state index contributed by atoms with van der Waals surface area (Å²) < 4.78 is 2.07. The summed E-state index contributed by atoms with van der Waals surface area (Å²) in [4.78, 5) is 13.6. The minimum Gasteiger partial charge on any atom is -0.325 e. The Balaban J connectivity index is 1.38. The molecule has 1 fully saturated rings. The van der Waals surface area contributed by atoms with E-state index < -0.39 is 5.41 Å². The molecule has 5 aromatic rings. The summed E-state index contributed by atoms with van der Waals surface area (Å²) in [6.45, 7) is 0.716. The molecule has 1 spiro atoms. The zero-order chi connectivity index (χ0) is 23.5. The molecule has 1 N–H and O–H groups in total. The zero-order valence-electron chi connectivity index (χ0n) is 19.3. The lowest BCUT2D eigenvalue weighted by molar-refractivity contribution is -0.118. The van der Waals surface area contributed by atoms with Crippen LogP contribution in [0.3, 0.4) is 0 Å². The fourth-order valence-corrected chi connectivity index (χ4v) is 6.23. The van der Waals surface area contributed by atoms with Gasteiger partial charge < -0.3 is 5.32 Å². The number of carbonyl (C=O) groups excluding carboxylic acids is 1. The predicted octanol–water partition coefficient (Wildman–Crippen LogP) is 5.86. The number of hydrogen-bond donors (Lipinski definition) is 1. The Hall–Kier alpha value is -4.18. The van der Waals surface area contributed by atoms with Crippen LogP contribution in [-0.4, -0.2) is 15.7 Å². The van der Waals surface area contributed by atoms with Crippen LogP contribution < -0.4 is 5.32 Å². The molecule has 2 heterocycles. The third kappa shape index (κ3) is 2.93. The Kier molecular flexibility index (Phi) is 4.28. The van der Waals surface area contributed by atoms with Crippen LogP contribution in [0.25, 0.3) is 10.9 Å². The molecule has 0 saturated heterocycles. The molecule has 4 heteroatoms. The molecule has 2 aliphatic rings. The van der Waals surface area contributed by atoms with Gasteiger partial charge in [-0.2, -0.15) is 5.10 Å². The first-order chi connectivity index (χ1) is 17.2. The predicted molar refractivity (Wildman–Crippen MR) is 138 cm³/mol. The van der Waals surface area contributed by atoms with Gasteiger partial charge in [0.2, 0.25) is 5.91 Å². The van der Waals surface area contributed by atoms with E-state index in [-0.39, 0.29) is 11.3 Å². The molecule has 1 aromatic heterocycles. The molecule has 4 nitrogen and oxygen atoms in total. The van der Waals surface area contributed by atoms with E-state index in [0.717, 1.165) is 35.0 Å². The first kappa shape index (κ1) is 20.2. The number of nitrogens with one attached hydrogen (secondary N) is 1. The number of carbonyl (C=O) groups is 1. The topological polar surface area (TPSA) is 46.9 Å². The number of fused-ring (bicyclic) bond motifs is 3. The maximum Gasteiger partial charge on any atom is 0.236 e. The van der Waals surface area contributed by atoms with E-state index >= 15 is 0 Å². The van der Waals surface area contributed by atoms with E-state index in [0.29, 0.717) is 6.54 Å². The van der Waals surface area contributed by atoms with Crippen LogP contribution in [0.4, 0.5) is 5.69 Å². The van der Waals surface area contributed by atoms with Crippen LogP contribution in [0.15, 0.2) is 109 Å². The largest absolute Gasteiger partial charge is 0.325 e. The van der Waals surface area contributed by atoms with Crippen molar-refractivity contribution in [2.75, 3.05) is 5.32 Å². The monoisotopic (exact) mass is 455 g/mol. The SMILES string of the molecule is O=C1Nc2ccccc2C12CC2(Cc1ccccc1)c1ccc2cnn(Cc3ccccc3)c2c1. The Bertz CT molecular complexity index is 1570. The van der Waals surface area contributed by atoms with E-state index in [9.17, 15) is 4.79 Å². The molecule has 7 rings (SSSR count). The van der Waals surface area contributed by atoms with Crippen molar-refractivity contribution in [2.24, 2.45) is 0 Å². The Morgan fingerprint density at radius 3 is 2.34 bits per heavy atom. The first-order valence-corrected chi connectivity index (χ1v) is 12.1. The molecule has 2 atom stereocenters. The molecule has 1 aliphatic carbocycles. The number of aromatic nitrogens is 2. The fourth-order valence-electron chi connectivity index (χ4n) is 6.23. The molecule has 1 aliphatic heterocycles. The lowest BCUT2D eigenvalue weighted by Gasteiger charge is -2.23. The summed E-state index contributed by atoms with van der Waals surface area (Å²) in [5, 5.41) is 8.99. The van der Waals surface area contributed by atoms with E-state index in [1.807, 2.05) is 36.5 Å². The van der Waals surface area contributed by atoms with Crippen molar-refractivity contribution in [3.05, 3.63) is 132 Å². The van der Waals surface area contributed by atoms with Gasteiger partial charge in [0.1, 0.15) is 0 Å². The van der Waals surface area contributed by atoms with Gasteiger partial charge in [0.15, 0.2) is 0 Å². The number of para-hydroxylation sites is 1. The molecule has 0 bridgehead atoms. The van der Waals surface area contributed by atoms with Crippen LogP contribution >= 0.6 is 0 Å². The van der Waals surface area contributed by atoms with Crippen LogP contribution in [0.2, 0.25) is 0 Å². The van der Waals surface area contributed by atoms with Crippen molar-refractivity contribution < 1.29 is 4.79 Å². The van der Waals surface area contributed by atoms with Gasteiger partial charge in [-0.3, -0.25) is 9.48 Å². The minimum atomic E-state index is -0.544. The second kappa shape index (κ2) is 7.41. The second-order valence-corrected chi connectivity index (χ2v) is 9.89. The minimum absolute atomic E-state index is 0.118. The highest BCUT2D eigenvalue weighted by Gasteiger charge is 2.75. The van der Waals surface area contributed by atoms with Gasteiger partial charge in [-0.15, -0.1) is 0 Å². The Morgan fingerprint density at radius 1 is 0.829 bits per heavy atom. The van der Waals surface area contributed by atoms with Crippen molar-refractivity contribution in [1.29, 1.82) is 0 Å². The summed E-state index contributed by atoms with van der Waals surface area (Å²) in [6, 6.07) is 35.8. The number of nitrogens with zero attached hydrogens (tertiary/aromatic N) is 2. The van der Waals surface area contributed by atoms with Gasteiger partial charge in [-0.1, -0.05) is 91.0 Å². The average molecular weight is 456 g/mol. The van der Waals surface area contributed by atoms with Crippen molar-refractivity contribution in [3.8, 4) is 0 Å². The van der Waals surface area contributed by atoms with Crippen molar-refractivity contribution >= 4 is 22.5 Å². The van der Waals surface area contributed by atoms with E-state index in [4.69, 9.17) is 5.10 Å². The summed E-state index contributed by atoms with van der Waals surface area (Å²) in [6.07, 6.45) is 3.55. The molecule has 35 heavy (non-hydrogen) atoms. The molecular weight excluding hydrogens is 430 g/mol. The van der Waals surface area contributed by atoms with Crippen LogP contribution in [-0.2, 0) is 28.6 Å². The Labute approximate surface area is 204 Å². The number of rotatable bonds is 5. The number of hydrogen-bond acceptors (Lipinski definition) is 2. The lowest BCUT2D eigenvalue weighted by atomic mass is 9.78. The summed E-state index contributed by atoms with van der Waals surface area (Å²) in [5.74, 6) is 0.118. The third-order valence-electron chi connectivity index (χ3n) is 8.00. The van der Waals surface area contributed by atoms with Gasteiger partial charge >= 0.3 is 0 Å². The molecule has 4 aromatic carbocycles. The Morgan fingerprint density at radius 2 is 1.54 bits per heavy atom. The van der Waals surface area contributed by atoms with E-state index in [1.54, 1.807) is 0 Å². The normalized spacial score (nSPS) is 22.3.